The van der Waals surface area contributed by atoms with Gasteiger partial charge < -0.3 is 0 Å². The molecule has 1 saturated carbocycles. The summed E-state index contributed by atoms with van der Waals surface area (Å²) in [5.41, 5.74) is 6.84. The summed E-state index contributed by atoms with van der Waals surface area (Å²) < 4.78 is 2.06. The van der Waals surface area contributed by atoms with E-state index >= 15 is 0 Å². The Morgan fingerprint density at radius 1 is 0.698 bits per heavy atom. The number of nitrogens with zero attached hydrogens (tertiary/aromatic N) is 3. The highest BCUT2D eigenvalue weighted by molar-refractivity contribution is 6.86. The van der Waals surface area contributed by atoms with Crippen LogP contribution in [0.2, 0.25) is 5.82 Å². The summed E-state index contributed by atoms with van der Waals surface area (Å²) in [4.78, 5) is 4.29. The number of benzene rings is 5. The zero-order chi connectivity index (χ0) is 29.3. The Hall–Kier alpha value is -4.48. The van der Waals surface area contributed by atoms with Crippen molar-refractivity contribution in [3.8, 4) is 0 Å². The van der Waals surface area contributed by atoms with Crippen molar-refractivity contribution < 1.29 is 0 Å². The fraction of sp³-hybridized carbons (Fsp3) is 0.158. The van der Waals surface area contributed by atoms with Crippen molar-refractivity contribution in [2.24, 2.45) is 0 Å². The van der Waals surface area contributed by atoms with Gasteiger partial charge in [-0.15, -0.1) is 0 Å². The molecule has 0 aliphatic heterocycles. The van der Waals surface area contributed by atoms with Gasteiger partial charge in [-0.1, -0.05) is 187 Å². The van der Waals surface area contributed by atoms with E-state index in [0.29, 0.717) is 6.71 Å². The SMILES string of the molecule is CCc1cccc([SiH2]C(c2ccccc2)(c2ccccc2)n2cncn2)c1.c1ccc(B(c2ccccc2)C2CC2)cc1. The molecule has 1 heterocycles. The smallest absolute Gasteiger partial charge is 0.212 e. The number of hydrogen-bond donors (Lipinski definition) is 0. The monoisotopic (exact) mass is 575 g/mol. The standard InChI is InChI=1S/C23H23N3Si.C15H15B/c1-2-19-10-9-15-22(16-19)27-23(26-18-24-17-25-26,20-11-5-3-6-12-20)21-13-7-4-8-14-21;1-3-7-13(8-4-1)16(15-11-12-15)14-9-5-2-6-10-14/h3-18H,2,27H2,1H3;1-10,15H,11-12H2. The average Bonchev–Trinajstić information content (AvgIpc) is 3.76. The third-order valence-corrected chi connectivity index (χ3v) is 11.1. The molecule has 43 heavy (non-hydrogen) atoms. The highest BCUT2D eigenvalue weighted by Gasteiger charge is 2.38. The Morgan fingerprint density at radius 3 is 1.70 bits per heavy atom. The second kappa shape index (κ2) is 13.7. The van der Waals surface area contributed by atoms with E-state index in [1.54, 1.807) is 6.33 Å². The van der Waals surface area contributed by atoms with E-state index in [1.165, 1.54) is 45.6 Å². The van der Waals surface area contributed by atoms with Gasteiger partial charge in [-0.3, -0.25) is 0 Å². The molecule has 1 aliphatic carbocycles. The Labute approximate surface area is 258 Å². The lowest BCUT2D eigenvalue weighted by Crippen LogP contribution is -2.47. The van der Waals surface area contributed by atoms with Crippen LogP contribution < -0.4 is 16.1 Å². The van der Waals surface area contributed by atoms with E-state index in [1.807, 2.05) is 6.33 Å². The predicted octanol–water partition coefficient (Wildman–Crippen LogP) is 5.54. The molecule has 5 heteroatoms. The van der Waals surface area contributed by atoms with E-state index in [4.69, 9.17) is 0 Å². The van der Waals surface area contributed by atoms with Crippen LogP contribution in [0.15, 0.2) is 158 Å². The molecular formula is C38H38BN3Si. The summed E-state index contributed by atoms with van der Waals surface area (Å²) in [5, 5.41) is 5.73. The molecule has 1 fully saturated rings. The van der Waals surface area contributed by atoms with Crippen LogP contribution in [0.3, 0.4) is 0 Å². The second-order valence-corrected chi connectivity index (χ2v) is 13.6. The van der Waals surface area contributed by atoms with Gasteiger partial charge in [0.25, 0.3) is 0 Å². The zero-order valence-corrected chi connectivity index (χ0v) is 26.3. The third-order valence-electron chi connectivity index (χ3n) is 8.58. The molecule has 3 nitrogen and oxygen atoms in total. The summed E-state index contributed by atoms with van der Waals surface area (Å²) in [6, 6.07) is 52.3. The summed E-state index contributed by atoms with van der Waals surface area (Å²) in [5.74, 6) is 0.866. The normalized spacial score (nSPS) is 13.0. The second-order valence-electron chi connectivity index (χ2n) is 11.4. The van der Waals surface area contributed by atoms with Crippen LogP contribution in [-0.2, 0) is 11.6 Å². The molecule has 0 atom stereocenters. The largest absolute Gasteiger partial charge is 0.242 e. The minimum absolute atomic E-state index is 0.314. The third kappa shape index (κ3) is 6.63. The minimum Gasteiger partial charge on any atom is -0.242 e. The van der Waals surface area contributed by atoms with Crippen LogP contribution >= 0.6 is 0 Å². The highest BCUT2D eigenvalue weighted by Crippen LogP contribution is 2.38. The summed E-state index contributed by atoms with van der Waals surface area (Å²) >= 11 is 0. The van der Waals surface area contributed by atoms with Crippen molar-refractivity contribution >= 4 is 32.3 Å². The van der Waals surface area contributed by atoms with E-state index in [9.17, 15) is 0 Å². The molecule has 7 rings (SSSR count). The molecule has 1 aromatic heterocycles. The van der Waals surface area contributed by atoms with Gasteiger partial charge in [-0.25, -0.2) is 9.67 Å². The van der Waals surface area contributed by atoms with Gasteiger partial charge in [0, 0.05) is 0 Å². The lowest BCUT2D eigenvalue weighted by Gasteiger charge is -2.35. The van der Waals surface area contributed by atoms with Crippen molar-refractivity contribution in [1.82, 2.24) is 14.8 Å². The Morgan fingerprint density at radius 2 is 1.23 bits per heavy atom. The maximum atomic E-state index is 4.62. The molecule has 212 valence electrons. The summed E-state index contributed by atoms with van der Waals surface area (Å²) in [6.07, 6.45) is 7.31. The van der Waals surface area contributed by atoms with Gasteiger partial charge in [0.05, 0.1) is 9.52 Å². The molecule has 0 spiro atoms. The van der Waals surface area contributed by atoms with Crippen LogP contribution in [-0.4, -0.2) is 31.0 Å². The number of hydrogen-bond acceptors (Lipinski definition) is 2. The first-order valence-corrected chi connectivity index (χ1v) is 16.8. The van der Waals surface area contributed by atoms with E-state index in [0.717, 1.165) is 12.2 Å². The molecule has 0 N–H and O–H groups in total. The van der Waals surface area contributed by atoms with Gasteiger partial charge >= 0.3 is 0 Å². The fourth-order valence-corrected chi connectivity index (χ4v) is 8.71. The maximum absolute atomic E-state index is 4.62. The Bertz CT molecular complexity index is 1590. The fourth-order valence-electron chi connectivity index (χ4n) is 6.29. The van der Waals surface area contributed by atoms with Crippen LogP contribution in [0.25, 0.3) is 0 Å². The maximum Gasteiger partial charge on any atom is 0.212 e. The molecule has 0 unspecified atom stereocenters. The van der Waals surface area contributed by atoms with Crippen LogP contribution in [0, 0.1) is 0 Å². The predicted molar refractivity (Wildman–Crippen MR) is 184 cm³/mol. The number of aryl methyl sites for hydroxylation is 1. The first kappa shape index (κ1) is 28.6. The molecular weight excluding hydrogens is 537 g/mol. The van der Waals surface area contributed by atoms with E-state index in [2.05, 4.69) is 167 Å². The molecule has 6 aromatic rings. The molecule has 0 amide bonds. The molecule has 1 aliphatic rings. The van der Waals surface area contributed by atoms with E-state index in [-0.39, 0.29) is 5.16 Å². The minimum atomic E-state index is -0.840. The average molecular weight is 576 g/mol. The summed E-state index contributed by atoms with van der Waals surface area (Å²) in [6.45, 7) is 2.82. The van der Waals surface area contributed by atoms with Crippen LogP contribution in [0.5, 0.6) is 0 Å². The Kier molecular flexibility index (Phi) is 9.10. The van der Waals surface area contributed by atoms with Gasteiger partial charge in [-0.05, 0) is 23.1 Å². The molecule has 0 radical (unpaired) electrons. The van der Waals surface area contributed by atoms with Crippen LogP contribution in [0.4, 0.5) is 0 Å². The van der Waals surface area contributed by atoms with Crippen LogP contribution in [0.1, 0.15) is 36.5 Å². The van der Waals surface area contributed by atoms with Crippen molar-refractivity contribution in [3.05, 3.63) is 175 Å². The number of rotatable bonds is 9. The molecule has 0 saturated heterocycles. The molecule has 5 aromatic carbocycles. The van der Waals surface area contributed by atoms with E-state index < -0.39 is 9.52 Å². The van der Waals surface area contributed by atoms with Gasteiger partial charge in [-0.2, -0.15) is 5.10 Å². The van der Waals surface area contributed by atoms with Crippen molar-refractivity contribution in [1.29, 1.82) is 0 Å². The quantitative estimate of drug-likeness (QED) is 0.212. The van der Waals surface area contributed by atoms with Gasteiger partial charge in [0.1, 0.15) is 17.8 Å². The van der Waals surface area contributed by atoms with Crippen molar-refractivity contribution in [2.75, 3.05) is 0 Å². The van der Waals surface area contributed by atoms with Gasteiger partial charge in [0.2, 0.25) is 6.71 Å². The Balaban J connectivity index is 0.000000174. The first-order chi connectivity index (χ1) is 21.3. The zero-order valence-electron chi connectivity index (χ0n) is 24.8. The number of aromatic nitrogens is 3. The van der Waals surface area contributed by atoms with Crippen molar-refractivity contribution in [3.63, 3.8) is 0 Å². The first-order valence-electron chi connectivity index (χ1n) is 15.4. The lowest BCUT2D eigenvalue weighted by molar-refractivity contribution is 0.527. The molecule has 0 bridgehead atoms. The van der Waals surface area contributed by atoms with Crippen molar-refractivity contribution in [2.45, 2.75) is 37.2 Å². The topological polar surface area (TPSA) is 30.7 Å². The summed E-state index contributed by atoms with van der Waals surface area (Å²) in [7, 11) is -0.840. The van der Waals surface area contributed by atoms with Gasteiger partial charge in [0.15, 0.2) is 0 Å². The lowest BCUT2D eigenvalue weighted by atomic mass is 9.37. The highest BCUT2D eigenvalue weighted by atomic mass is 28.2.